The Bertz CT molecular complexity index is 6250. The predicted molar refractivity (Wildman–Crippen MR) is 437 cm³/mol. The van der Waals surface area contributed by atoms with Crippen LogP contribution >= 0.6 is 15.9 Å². The summed E-state index contributed by atoms with van der Waals surface area (Å²) >= 11 is 3.64. The van der Waals surface area contributed by atoms with Crippen molar-refractivity contribution < 1.29 is 9.84 Å². The molecule has 0 aliphatic carbocycles. The molecule has 0 saturated carbocycles. The molecule has 0 fully saturated rings. The number of benzene rings is 12. The van der Waals surface area contributed by atoms with Gasteiger partial charge in [0, 0.05) is 78.9 Å². The number of hydrogen-bond donors (Lipinski definition) is 1. The first-order valence-electron chi connectivity index (χ1n) is 35.5. The second-order valence-electron chi connectivity index (χ2n) is 28.8. The van der Waals surface area contributed by atoms with Gasteiger partial charge >= 0.3 is 0 Å². The molecule has 18 aromatic rings. The van der Waals surface area contributed by atoms with Crippen molar-refractivity contribution in [1.29, 1.82) is 0 Å². The topological polar surface area (TPSA) is 101 Å². The van der Waals surface area contributed by atoms with Crippen molar-refractivity contribution in [2.24, 2.45) is 0 Å². The zero-order chi connectivity index (χ0) is 72.1. The fourth-order valence-electron chi connectivity index (χ4n) is 14.3. The first-order chi connectivity index (χ1) is 51.0. The van der Waals surface area contributed by atoms with E-state index in [2.05, 4.69) is 302 Å². The van der Waals surface area contributed by atoms with Crippen molar-refractivity contribution in [1.82, 2.24) is 38.2 Å². The molecule has 0 radical (unpaired) electrons. The summed E-state index contributed by atoms with van der Waals surface area (Å²) in [5.74, 6) is 3.56. The van der Waals surface area contributed by atoms with Crippen molar-refractivity contribution in [3.05, 3.63) is 343 Å². The van der Waals surface area contributed by atoms with E-state index in [1.54, 1.807) is 18.5 Å². The predicted octanol–water partition coefficient (Wildman–Crippen LogP) is 24.9. The number of pyridine rings is 2. The van der Waals surface area contributed by atoms with Gasteiger partial charge in [-0.25, -0.2) is 19.9 Å². The molecule has 12 aromatic carbocycles. The molecule has 6 heterocycles. The number of phenols is 1. The minimum atomic E-state index is 0.111. The lowest BCUT2D eigenvalue weighted by atomic mass is 9.86. The summed E-state index contributed by atoms with van der Waals surface area (Å²) in [7, 11) is 0. The van der Waals surface area contributed by atoms with Gasteiger partial charge < -0.3 is 9.84 Å². The van der Waals surface area contributed by atoms with Gasteiger partial charge in [0.1, 0.15) is 41.5 Å². The molecule has 0 amide bonds. The quantitative estimate of drug-likeness (QED) is 0.146. The number of rotatable bonds is 10. The highest BCUT2D eigenvalue weighted by Gasteiger charge is 2.21. The van der Waals surface area contributed by atoms with E-state index in [1.807, 2.05) is 90.0 Å². The maximum Gasteiger partial charge on any atom is 0.137 e. The van der Waals surface area contributed by atoms with Crippen LogP contribution in [0.1, 0.15) is 63.8 Å². The van der Waals surface area contributed by atoms with E-state index in [4.69, 9.17) is 19.7 Å². The molecular formula is C94H77BrN8O2. The van der Waals surface area contributed by atoms with Gasteiger partial charge in [0.2, 0.25) is 0 Å². The van der Waals surface area contributed by atoms with E-state index in [0.29, 0.717) is 0 Å². The SMILES string of the molecule is Cc1cc(-n2c3ccccc3c3ccc(Br)cc32)ncc1-c1ccc(C(C)(C)C)cc1.Cc1cc(-n2c3ccccc3c3ccc(Oc4cccc(-n5cnc6c(-c7ccccc7)cccc65)c4)cc32)ncc1-c1ccc(C(C)(C)C)cc1.Oc1cccc(-n2cnc3c(-c4ccccc4)cccc32)c1. The number of halogens is 1. The molecule has 0 atom stereocenters. The van der Waals surface area contributed by atoms with Gasteiger partial charge in [0.25, 0.3) is 0 Å². The van der Waals surface area contributed by atoms with Crippen LogP contribution in [0.4, 0.5) is 0 Å². The normalized spacial score (nSPS) is 11.7. The molecule has 10 nitrogen and oxygen atoms in total. The Hall–Kier alpha value is -12.4. The van der Waals surface area contributed by atoms with Crippen molar-refractivity contribution in [2.75, 3.05) is 0 Å². The van der Waals surface area contributed by atoms with Crippen LogP contribution in [-0.4, -0.2) is 43.3 Å². The Kier molecular flexibility index (Phi) is 17.7. The maximum absolute atomic E-state index is 9.68. The third-order valence-electron chi connectivity index (χ3n) is 19.8. The summed E-state index contributed by atoms with van der Waals surface area (Å²) in [5.41, 5.74) is 24.8. The van der Waals surface area contributed by atoms with Gasteiger partial charge in [-0.05, 0) is 154 Å². The molecule has 105 heavy (non-hydrogen) atoms. The van der Waals surface area contributed by atoms with Gasteiger partial charge in [0.05, 0.1) is 55.5 Å². The number of fused-ring (bicyclic) bond motifs is 8. The van der Waals surface area contributed by atoms with Crippen LogP contribution in [0.5, 0.6) is 17.2 Å². The molecule has 11 heteroatoms. The van der Waals surface area contributed by atoms with Gasteiger partial charge in [-0.2, -0.15) is 0 Å². The number of aromatic hydroxyl groups is 1. The molecule has 512 valence electrons. The van der Waals surface area contributed by atoms with E-state index in [0.717, 1.165) is 111 Å². The largest absolute Gasteiger partial charge is 0.508 e. The standard InChI is InChI=1S/C47H38N4O.C28H25BrN2.C19H14N2O/c1-31-26-45(48-29-41(31)33-20-22-34(23-21-33)47(2,3)4)51-42-18-9-8-16-39(42)40-25-24-37(28-44(40)51)52-36-15-10-14-35(27-36)50-30-49-46-38(17-11-19-43(46)50)32-12-6-5-7-13-32;1-18-15-27(30-17-24(18)19-9-11-20(12-10-19)28(2,3)4)31-25-8-6-5-7-22(25)23-14-13-21(29)16-26(23)31;22-16-9-4-8-15(12-16)21-13-20-19-17(10-5-11-18(19)21)14-6-2-1-3-7-14/h5-30H,1-4H3;5-17H,1-4H3;1-13,22H. The molecule has 18 rings (SSSR count). The molecule has 0 bridgehead atoms. The zero-order valence-electron chi connectivity index (χ0n) is 59.8. The molecule has 0 spiro atoms. The molecule has 0 aliphatic rings. The van der Waals surface area contributed by atoms with E-state index < -0.39 is 0 Å². The molecular weight excluding hydrogens is 1350 g/mol. The number of phenolic OH excluding ortho intramolecular Hbond substituents is 1. The Balaban J connectivity index is 0.000000135. The molecule has 6 aromatic heterocycles. The van der Waals surface area contributed by atoms with E-state index >= 15 is 0 Å². The summed E-state index contributed by atoms with van der Waals surface area (Å²) in [5, 5.41) is 14.5. The van der Waals surface area contributed by atoms with Crippen LogP contribution in [0.15, 0.2) is 321 Å². The van der Waals surface area contributed by atoms with Crippen molar-refractivity contribution in [2.45, 2.75) is 66.2 Å². The van der Waals surface area contributed by atoms with Gasteiger partial charge in [-0.1, -0.05) is 246 Å². The minimum absolute atomic E-state index is 0.111. The number of hydrogen-bond acceptors (Lipinski definition) is 6. The van der Waals surface area contributed by atoms with Crippen molar-refractivity contribution in [3.8, 4) is 84.8 Å². The monoisotopic (exact) mass is 1430 g/mol. The van der Waals surface area contributed by atoms with Crippen LogP contribution < -0.4 is 4.74 Å². The fraction of sp³-hybridized carbons (Fsp3) is 0.106. The average Bonchev–Trinajstić information content (AvgIpc) is 1.59. The van der Waals surface area contributed by atoms with E-state index in [-0.39, 0.29) is 16.6 Å². The highest BCUT2D eigenvalue weighted by atomic mass is 79.9. The lowest BCUT2D eigenvalue weighted by Crippen LogP contribution is -2.10. The smallest absolute Gasteiger partial charge is 0.137 e. The summed E-state index contributed by atoms with van der Waals surface area (Å²) in [6, 6.07) is 100. The Morgan fingerprint density at radius 1 is 0.333 bits per heavy atom. The number of imidazole rings is 2. The number of aryl methyl sites for hydroxylation is 2. The molecule has 1 N–H and O–H groups in total. The van der Waals surface area contributed by atoms with Gasteiger partial charge in [-0.3, -0.25) is 18.3 Å². The van der Waals surface area contributed by atoms with Gasteiger partial charge in [0.15, 0.2) is 0 Å². The zero-order valence-corrected chi connectivity index (χ0v) is 61.4. The second kappa shape index (κ2) is 27.7. The van der Waals surface area contributed by atoms with Crippen LogP contribution in [0.25, 0.3) is 133 Å². The summed E-state index contributed by atoms with van der Waals surface area (Å²) in [6.45, 7) is 17.8. The number of para-hydroxylation sites is 4. The minimum Gasteiger partial charge on any atom is -0.508 e. The summed E-state index contributed by atoms with van der Waals surface area (Å²) in [6.07, 6.45) is 7.70. The molecule has 0 saturated heterocycles. The summed E-state index contributed by atoms with van der Waals surface area (Å²) < 4.78 is 16.3. The second-order valence-corrected chi connectivity index (χ2v) is 29.8. The van der Waals surface area contributed by atoms with Crippen molar-refractivity contribution in [3.63, 3.8) is 0 Å². The maximum atomic E-state index is 9.68. The van der Waals surface area contributed by atoms with Crippen LogP contribution in [0.2, 0.25) is 0 Å². The fourth-order valence-corrected chi connectivity index (χ4v) is 14.7. The number of nitrogens with zero attached hydrogens (tertiary/aromatic N) is 8. The van der Waals surface area contributed by atoms with Crippen LogP contribution in [-0.2, 0) is 10.8 Å². The highest BCUT2D eigenvalue weighted by molar-refractivity contribution is 9.10. The lowest BCUT2D eigenvalue weighted by molar-refractivity contribution is 0.475. The third kappa shape index (κ3) is 13.2. The first-order valence-corrected chi connectivity index (χ1v) is 36.3. The van der Waals surface area contributed by atoms with Crippen molar-refractivity contribution >= 4 is 81.6 Å². The highest BCUT2D eigenvalue weighted by Crippen LogP contribution is 2.40. The molecule has 0 unspecified atom stereocenters. The average molecular weight is 1430 g/mol. The third-order valence-corrected chi connectivity index (χ3v) is 20.3. The van der Waals surface area contributed by atoms with E-state index in [9.17, 15) is 5.11 Å². The lowest BCUT2D eigenvalue weighted by Gasteiger charge is -2.19. The Morgan fingerprint density at radius 3 is 1.23 bits per heavy atom. The summed E-state index contributed by atoms with van der Waals surface area (Å²) in [4.78, 5) is 19.4. The van der Waals surface area contributed by atoms with Crippen LogP contribution in [0.3, 0.4) is 0 Å². The number of aromatic nitrogens is 8. The Labute approximate surface area is 619 Å². The van der Waals surface area contributed by atoms with Gasteiger partial charge in [-0.15, -0.1) is 0 Å². The van der Waals surface area contributed by atoms with E-state index in [1.165, 1.54) is 60.6 Å². The molecule has 0 aliphatic heterocycles. The number of ether oxygens (including phenoxy) is 1. The first kappa shape index (κ1) is 67.1. The Morgan fingerprint density at radius 2 is 0.743 bits per heavy atom. The van der Waals surface area contributed by atoms with Crippen LogP contribution in [0, 0.1) is 13.8 Å².